The minimum Gasteiger partial charge on any atom is -0.386 e. The van der Waals surface area contributed by atoms with Gasteiger partial charge in [0.05, 0.1) is 11.1 Å². The molecule has 0 unspecified atom stereocenters. The summed E-state index contributed by atoms with van der Waals surface area (Å²) in [6.45, 7) is 2.28. The summed E-state index contributed by atoms with van der Waals surface area (Å²) < 4.78 is 4.73. The minimum atomic E-state index is -0.501. The van der Waals surface area contributed by atoms with Crippen LogP contribution in [0.2, 0.25) is 0 Å². The Hall–Kier alpha value is -1.64. The number of benzene rings is 1. The second kappa shape index (κ2) is 14.4. The van der Waals surface area contributed by atoms with Crippen molar-refractivity contribution in [3.05, 3.63) is 34.9 Å². The lowest BCUT2D eigenvalue weighted by Crippen LogP contribution is -2.00. The van der Waals surface area contributed by atoms with Gasteiger partial charge in [0.1, 0.15) is 0 Å². The Balaban J connectivity index is 1.40. The Labute approximate surface area is 177 Å². The predicted molar refractivity (Wildman–Crippen MR) is 119 cm³/mol. The summed E-state index contributed by atoms with van der Waals surface area (Å²) >= 11 is 0. The zero-order chi connectivity index (χ0) is 20.7. The van der Waals surface area contributed by atoms with Gasteiger partial charge in [-0.05, 0) is 24.5 Å². The van der Waals surface area contributed by atoms with Gasteiger partial charge in [-0.1, -0.05) is 115 Å². The van der Waals surface area contributed by atoms with E-state index in [0.29, 0.717) is 11.1 Å². The van der Waals surface area contributed by atoms with Gasteiger partial charge in [-0.3, -0.25) is 0 Å². The van der Waals surface area contributed by atoms with Crippen LogP contribution in [0.25, 0.3) is 0 Å². The molecule has 0 fully saturated rings. The van der Waals surface area contributed by atoms with E-state index in [4.69, 9.17) is 4.74 Å². The van der Waals surface area contributed by atoms with Crippen LogP contribution < -0.4 is 0 Å². The van der Waals surface area contributed by atoms with Gasteiger partial charge in [0, 0.05) is 0 Å². The Morgan fingerprint density at radius 2 is 1.10 bits per heavy atom. The third kappa shape index (κ3) is 8.72. The van der Waals surface area contributed by atoms with Gasteiger partial charge in [-0.25, -0.2) is 9.59 Å². The fraction of sp³-hybridized carbons (Fsp3) is 0.692. The summed E-state index contributed by atoms with van der Waals surface area (Å²) in [5.41, 5.74) is 1.89. The maximum absolute atomic E-state index is 11.8. The van der Waals surface area contributed by atoms with Crippen molar-refractivity contribution in [2.75, 3.05) is 0 Å². The van der Waals surface area contributed by atoms with E-state index in [1.807, 2.05) is 12.1 Å². The van der Waals surface area contributed by atoms with Crippen molar-refractivity contribution < 1.29 is 14.3 Å². The van der Waals surface area contributed by atoms with Crippen molar-refractivity contribution in [3.8, 4) is 0 Å². The third-order valence-corrected chi connectivity index (χ3v) is 6.06. The summed E-state index contributed by atoms with van der Waals surface area (Å²) in [6, 6.07) is 5.48. The van der Waals surface area contributed by atoms with Crippen molar-refractivity contribution in [2.45, 2.75) is 116 Å². The standard InChI is InChI=1S/C26H40O3/c1-2-3-4-5-6-7-8-9-10-11-12-13-14-15-16-17-19-22-20-18-21-23-24(22)26(28)29-25(23)27/h18,20-21H,2-17,19H2,1H3. The van der Waals surface area contributed by atoms with Crippen LogP contribution in [0, 0.1) is 0 Å². The molecule has 0 saturated heterocycles. The predicted octanol–water partition coefficient (Wildman–Crippen LogP) is 7.80. The van der Waals surface area contributed by atoms with Crippen LogP contribution in [-0.2, 0) is 11.2 Å². The molecule has 2 rings (SSSR count). The number of carbonyl (C=O) groups is 2. The molecule has 162 valence electrons. The summed E-state index contributed by atoms with van der Waals surface area (Å²) in [5, 5.41) is 0. The van der Waals surface area contributed by atoms with Crippen LogP contribution >= 0.6 is 0 Å². The summed E-state index contributed by atoms with van der Waals surface area (Å²) in [6.07, 6.45) is 22.5. The van der Waals surface area contributed by atoms with Crippen LogP contribution in [0.4, 0.5) is 0 Å². The van der Waals surface area contributed by atoms with Gasteiger partial charge in [0.25, 0.3) is 0 Å². The van der Waals surface area contributed by atoms with E-state index in [9.17, 15) is 9.59 Å². The largest absolute Gasteiger partial charge is 0.386 e. The molecule has 3 heteroatoms. The van der Waals surface area contributed by atoms with E-state index < -0.39 is 11.9 Å². The third-order valence-electron chi connectivity index (χ3n) is 6.06. The lowest BCUT2D eigenvalue weighted by Gasteiger charge is -2.05. The molecule has 29 heavy (non-hydrogen) atoms. The molecule has 1 aromatic carbocycles. The lowest BCUT2D eigenvalue weighted by molar-refractivity contribution is 0.0443. The number of esters is 2. The highest BCUT2D eigenvalue weighted by molar-refractivity contribution is 6.15. The molecule has 1 aliphatic rings. The van der Waals surface area contributed by atoms with Crippen molar-refractivity contribution in [1.82, 2.24) is 0 Å². The first-order valence-corrected chi connectivity index (χ1v) is 12.1. The number of ether oxygens (including phenoxy) is 1. The second-order valence-electron chi connectivity index (χ2n) is 8.57. The normalized spacial score (nSPS) is 13.0. The van der Waals surface area contributed by atoms with Crippen LogP contribution in [0.1, 0.15) is 136 Å². The van der Waals surface area contributed by atoms with Gasteiger partial charge < -0.3 is 4.74 Å². The van der Waals surface area contributed by atoms with Gasteiger partial charge in [0.15, 0.2) is 0 Å². The fourth-order valence-corrected chi connectivity index (χ4v) is 4.27. The van der Waals surface area contributed by atoms with Crippen LogP contribution in [0.15, 0.2) is 18.2 Å². The number of unbranched alkanes of at least 4 members (excludes halogenated alkanes) is 15. The van der Waals surface area contributed by atoms with E-state index >= 15 is 0 Å². The number of fused-ring (bicyclic) bond motifs is 1. The number of carbonyl (C=O) groups excluding carboxylic acids is 2. The minimum absolute atomic E-state index is 0.434. The van der Waals surface area contributed by atoms with E-state index in [1.54, 1.807) is 6.07 Å². The summed E-state index contributed by atoms with van der Waals surface area (Å²) in [4.78, 5) is 23.4. The highest BCUT2D eigenvalue weighted by Crippen LogP contribution is 2.25. The van der Waals surface area contributed by atoms with E-state index in [2.05, 4.69) is 6.92 Å². The molecular weight excluding hydrogens is 360 g/mol. The summed E-state index contributed by atoms with van der Waals surface area (Å²) in [7, 11) is 0. The smallest absolute Gasteiger partial charge is 0.347 e. The van der Waals surface area contributed by atoms with Crippen molar-refractivity contribution in [2.24, 2.45) is 0 Å². The van der Waals surface area contributed by atoms with Gasteiger partial charge in [0.2, 0.25) is 0 Å². The first kappa shape index (κ1) is 23.6. The molecule has 1 aromatic rings. The molecule has 0 amide bonds. The Morgan fingerprint density at radius 1 is 0.621 bits per heavy atom. The zero-order valence-electron chi connectivity index (χ0n) is 18.5. The number of aryl methyl sites for hydroxylation is 1. The second-order valence-corrected chi connectivity index (χ2v) is 8.57. The summed E-state index contributed by atoms with van der Waals surface area (Å²) in [5.74, 6) is -0.976. The molecule has 0 saturated carbocycles. The van der Waals surface area contributed by atoms with E-state index in [1.165, 1.54) is 96.3 Å². The van der Waals surface area contributed by atoms with E-state index in [-0.39, 0.29) is 0 Å². The molecule has 3 nitrogen and oxygen atoms in total. The van der Waals surface area contributed by atoms with Crippen molar-refractivity contribution in [1.29, 1.82) is 0 Å². The number of hydrogen-bond donors (Lipinski definition) is 0. The fourth-order valence-electron chi connectivity index (χ4n) is 4.27. The Morgan fingerprint density at radius 3 is 1.62 bits per heavy atom. The molecule has 0 bridgehead atoms. The molecule has 0 N–H and O–H groups in total. The first-order valence-electron chi connectivity index (χ1n) is 12.1. The Kier molecular flexibility index (Phi) is 11.7. The zero-order valence-corrected chi connectivity index (χ0v) is 18.5. The average molecular weight is 401 g/mol. The molecule has 0 aliphatic carbocycles. The maximum atomic E-state index is 11.8. The molecule has 0 aromatic heterocycles. The lowest BCUT2D eigenvalue weighted by atomic mass is 9.97. The molecule has 0 radical (unpaired) electrons. The highest BCUT2D eigenvalue weighted by atomic mass is 16.6. The topological polar surface area (TPSA) is 43.4 Å². The monoisotopic (exact) mass is 400 g/mol. The van der Waals surface area contributed by atoms with Crippen LogP contribution in [-0.4, -0.2) is 11.9 Å². The average Bonchev–Trinajstić information content (AvgIpc) is 3.02. The van der Waals surface area contributed by atoms with Crippen molar-refractivity contribution >= 4 is 11.9 Å². The quantitative estimate of drug-likeness (QED) is 0.152. The molecule has 1 aliphatic heterocycles. The van der Waals surface area contributed by atoms with Gasteiger partial charge in [-0.15, -0.1) is 0 Å². The van der Waals surface area contributed by atoms with Gasteiger partial charge >= 0.3 is 11.9 Å². The maximum Gasteiger partial charge on any atom is 0.347 e. The SMILES string of the molecule is CCCCCCCCCCCCCCCCCCc1cccc2c1C(=O)OC2=O. The Bertz CT molecular complexity index is 620. The molecule has 0 atom stereocenters. The van der Waals surface area contributed by atoms with Crippen molar-refractivity contribution in [3.63, 3.8) is 0 Å². The van der Waals surface area contributed by atoms with Crippen LogP contribution in [0.5, 0.6) is 0 Å². The van der Waals surface area contributed by atoms with Crippen LogP contribution in [0.3, 0.4) is 0 Å². The van der Waals surface area contributed by atoms with E-state index in [0.717, 1.165) is 18.4 Å². The first-order chi connectivity index (χ1) is 14.2. The molecule has 1 heterocycles. The number of hydrogen-bond acceptors (Lipinski definition) is 3. The number of cyclic esters (lactones) is 2. The highest BCUT2D eigenvalue weighted by Gasteiger charge is 2.31. The molecular formula is C26H40O3. The number of rotatable bonds is 17. The molecule has 0 spiro atoms. The van der Waals surface area contributed by atoms with Gasteiger partial charge in [-0.2, -0.15) is 0 Å².